The molecule has 0 radical (unpaired) electrons. The van der Waals surface area contributed by atoms with Gasteiger partial charge in [-0.3, -0.25) is 0 Å². The van der Waals surface area contributed by atoms with Gasteiger partial charge in [0.15, 0.2) is 0 Å². The van der Waals surface area contributed by atoms with Gasteiger partial charge in [-0.1, -0.05) is 0 Å². The Bertz CT molecular complexity index is 634. The molecule has 1 aromatic heterocycles. The second-order valence-corrected chi connectivity index (χ2v) is 5.08. The van der Waals surface area contributed by atoms with E-state index < -0.39 is 0 Å². The molecule has 2 rings (SSSR count). The Kier molecular flexibility index (Phi) is 4.44. The lowest BCUT2D eigenvalue weighted by Crippen LogP contribution is -2.02. The number of hydrogen-bond acceptors (Lipinski definition) is 4. The summed E-state index contributed by atoms with van der Waals surface area (Å²) in [7, 11) is 0. The van der Waals surface area contributed by atoms with Crippen molar-refractivity contribution in [2.75, 3.05) is 17.7 Å². The van der Waals surface area contributed by atoms with Crippen LogP contribution >= 0.6 is 15.9 Å². The fraction of sp³-hybridized carbons (Fsp3) is 0.214. The molecule has 0 saturated carbocycles. The Morgan fingerprint density at radius 2 is 2.15 bits per heavy atom. The maximum atomic E-state index is 13.4. The normalized spacial score (nSPS) is 10.4. The summed E-state index contributed by atoms with van der Waals surface area (Å²) in [5.41, 5.74) is 7.79. The van der Waals surface area contributed by atoms with Gasteiger partial charge in [0.1, 0.15) is 11.6 Å². The van der Waals surface area contributed by atoms with Crippen molar-refractivity contribution in [2.45, 2.75) is 13.8 Å². The lowest BCUT2D eigenvalue weighted by Gasteiger charge is -2.12. The summed E-state index contributed by atoms with van der Waals surface area (Å²) in [6, 6.07) is 6.58. The lowest BCUT2D eigenvalue weighted by atomic mass is 10.2. The van der Waals surface area contributed by atoms with Crippen LogP contribution in [0, 0.1) is 12.7 Å². The van der Waals surface area contributed by atoms with Crippen molar-refractivity contribution < 1.29 is 9.13 Å². The molecule has 0 aliphatic heterocycles. The van der Waals surface area contributed by atoms with E-state index in [1.54, 1.807) is 18.2 Å². The molecule has 0 amide bonds. The smallest absolute Gasteiger partial charge is 0.239 e. The van der Waals surface area contributed by atoms with E-state index in [9.17, 15) is 4.39 Å². The second kappa shape index (κ2) is 6.09. The number of pyridine rings is 1. The number of nitrogens with one attached hydrogen (secondary N) is 1. The number of nitrogens with zero attached hydrogens (tertiary/aromatic N) is 1. The highest BCUT2D eigenvalue weighted by molar-refractivity contribution is 9.10. The van der Waals surface area contributed by atoms with Crippen LogP contribution in [0.15, 0.2) is 28.7 Å². The first-order chi connectivity index (χ1) is 9.51. The number of benzene rings is 1. The molecule has 106 valence electrons. The van der Waals surface area contributed by atoms with Crippen molar-refractivity contribution in [3.63, 3.8) is 0 Å². The van der Waals surface area contributed by atoms with Gasteiger partial charge in [-0.25, -0.2) is 4.39 Å². The summed E-state index contributed by atoms with van der Waals surface area (Å²) >= 11 is 3.16. The predicted octanol–water partition coefficient (Wildman–Crippen LogP) is 4.02. The third-order valence-corrected chi connectivity index (χ3v) is 3.31. The van der Waals surface area contributed by atoms with Gasteiger partial charge in [0, 0.05) is 5.69 Å². The molecule has 0 spiro atoms. The molecule has 20 heavy (non-hydrogen) atoms. The zero-order valence-corrected chi connectivity index (χ0v) is 12.8. The van der Waals surface area contributed by atoms with Crippen molar-refractivity contribution in [3.8, 4) is 5.88 Å². The Morgan fingerprint density at radius 3 is 2.85 bits per heavy atom. The third-order valence-electron chi connectivity index (χ3n) is 2.70. The summed E-state index contributed by atoms with van der Waals surface area (Å²) in [6.07, 6.45) is 0. The molecule has 0 bridgehead atoms. The summed E-state index contributed by atoms with van der Waals surface area (Å²) in [5.74, 6) is 0.675. The van der Waals surface area contributed by atoms with E-state index in [1.807, 2.05) is 13.8 Å². The number of nitrogen functional groups attached to an aromatic ring is 1. The molecule has 0 unspecified atom stereocenters. The van der Waals surface area contributed by atoms with Crippen molar-refractivity contribution in [1.29, 1.82) is 0 Å². The minimum absolute atomic E-state index is 0.298. The van der Waals surface area contributed by atoms with E-state index in [0.717, 1.165) is 11.3 Å². The van der Waals surface area contributed by atoms with E-state index >= 15 is 0 Å². The van der Waals surface area contributed by atoms with E-state index in [0.29, 0.717) is 28.5 Å². The summed E-state index contributed by atoms with van der Waals surface area (Å²) in [4.78, 5) is 4.28. The number of anilines is 3. The van der Waals surface area contributed by atoms with Crippen LogP contribution in [0.4, 0.5) is 21.6 Å². The summed E-state index contributed by atoms with van der Waals surface area (Å²) < 4.78 is 19.1. The molecule has 6 heteroatoms. The van der Waals surface area contributed by atoms with E-state index in [4.69, 9.17) is 10.5 Å². The topological polar surface area (TPSA) is 60.2 Å². The van der Waals surface area contributed by atoms with Gasteiger partial charge in [-0.05, 0) is 59.6 Å². The largest absolute Gasteiger partial charge is 0.476 e. The third kappa shape index (κ3) is 3.19. The molecule has 0 saturated heterocycles. The molecule has 1 aromatic carbocycles. The first-order valence-corrected chi connectivity index (χ1v) is 6.92. The van der Waals surface area contributed by atoms with Crippen LogP contribution in [-0.2, 0) is 0 Å². The molecule has 0 fully saturated rings. The quantitative estimate of drug-likeness (QED) is 0.883. The standard InChI is InChI=1S/C14H15BrFN3O/c1-3-20-14-11(17)4-5-13(19-14)18-12-7-9(15)10(16)6-8(12)2/h4-7H,3,17H2,1-2H3,(H,18,19). The number of halogens is 2. The molecule has 0 atom stereocenters. The molecule has 2 aromatic rings. The number of rotatable bonds is 4. The highest BCUT2D eigenvalue weighted by atomic mass is 79.9. The van der Waals surface area contributed by atoms with Gasteiger partial charge in [0.2, 0.25) is 5.88 Å². The van der Waals surface area contributed by atoms with Crippen LogP contribution in [0.1, 0.15) is 12.5 Å². The van der Waals surface area contributed by atoms with Crippen LogP contribution in [-0.4, -0.2) is 11.6 Å². The molecular formula is C14H15BrFN3O. The maximum absolute atomic E-state index is 13.4. The number of aromatic nitrogens is 1. The van der Waals surface area contributed by atoms with Crippen LogP contribution in [0.3, 0.4) is 0 Å². The first kappa shape index (κ1) is 14.6. The van der Waals surface area contributed by atoms with Crippen molar-refractivity contribution in [1.82, 2.24) is 4.98 Å². The number of aryl methyl sites for hydroxylation is 1. The van der Waals surface area contributed by atoms with Crippen molar-refractivity contribution in [2.24, 2.45) is 0 Å². The van der Waals surface area contributed by atoms with Crippen LogP contribution in [0.2, 0.25) is 0 Å². The number of hydrogen-bond donors (Lipinski definition) is 2. The van der Waals surface area contributed by atoms with Gasteiger partial charge in [0.05, 0.1) is 16.8 Å². The minimum atomic E-state index is -0.298. The Hall–Kier alpha value is -1.82. The highest BCUT2D eigenvalue weighted by Gasteiger charge is 2.08. The zero-order chi connectivity index (χ0) is 14.7. The Morgan fingerprint density at radius 1 is 1.40 bits per heavy atom. The minimum Gasteiger partial charge on any atom is -0.476 e. The molecule has 1 heterocycles. The molecular weight excluding hydrogens is 325 g/mol. The molecule has 0 aliphatic carbocycles. The maximum Gasteiger partial charge on any atom is 0.239 e. The molecule has 3 N–H and O–H groups in total. The van der Waals surface area contributed by atoms with Crippen LogP contribution < -0.4 is 15.8 Å². The average molecular weight is 340 g/mol. The predicted molar refractivity (Wildman–Crippen MR) is 81.9 cm³/mol. The molecule has 0 aliphatic rings. The van der Waals surface area contributed by atoms with Gasteiger partial charge in [0.25, 0.3) is 0 Å². The van der Waals surface area contributed by atoms with Gasteiger partial charge in [-0.15, -0.1) is 0 Å². The highest BCUT2D eigenvalue weighted by Crippen LogP contribution is 2.28. The van der Waals surface area contributed by atoms with E-state index in [2.05, 4.69) is 26.2 Å². The zero-order valence-electron chi connectivity index (χ0n) is 11.2. The van der Waals surface area contributed by atoms with Crippen molar-refractivity contribution in [3.05, 3.63) is 40.1 Å². The van der Waals surface area contributed by atoms with E-state index in [1.165, 1.54) is 6.07 Å². The van der Waals surface area contributed by atoms with Crippen LogP contribution in [0.25, 0.3) is 0 Å². The van der Waals surface area contributed by atoms with Gasteiger partial charge >= 0.3 is 0 Å². The van der Waals surface area contributed by atoms with Gasteiger partial charge in [-0.2, -0.15) is 4.98 Å². The van der Waals surface area contributed by atoms with Crippen LogP contribution in [0.5, 0.6) is 5.88 Å². The van der Waals surface area contributed by atoms with E-state index in [-0.39, 0.29) is 5.82 Å². The monoisotopic (exact) mass is 339 g/mol. The SMILES string of the molecule is CCOc1nc(Nc2cc(Br)c(F)cc2C)ccc1N. The first-order valence-electron chi connectivity index (χ1n) is 6.13. The average Bonchev–Trinajstić information content (AvgIpc) is 2.40. The summed E-state index contributed by atoms with van der Waals surface area (Å²) in [6.45, 7) is 4.17. The second-order valence-electron chi connectivity index (χ2n) is 4.23. The Balaban J connectivity index is 2.30. The molecule has 4 nitrogen and oxygen atoms in total. The lowest BCUT2D eigenvalue weighted by molar-refractivity contribution is 0.329. The summed E-state index contributed by atoms with van der Waals surface area (Å²) in [5, 5.41) is 3.12. The number of nitrogens with two attached hydrogens (primary N) is 1. The van der Waals surface area contributed by atoms with Crippen molar-refractivity contribution >= 4 is 33.1 Å². The van der Waals surface area contributed by atoms with Gasteiger partial charge < -0.3 is 15.8 Å². The fourth-order valence-corrected chi connectivity index (χ4v) is 2.04. The number of ether oxygens (including phenoxy) is 1. The Labute approximate surface area is 125 Å². The fourth-order valence-electron chi connectivity index (χ4n) is 1.69.